The zero-order valence-corrected chi connectivity index (χ0v) is 11.3. The van der Waals surface area contributed by atoms with E-state index in [1.54, 1.807) is 23.7 Å². The Hall–Kier alpha value is -2.71. The summed E-state index contributed by atoms with van der Waals surface area (Å²) in [7, 11) is 0. The number of nitrogen functional groups attached to an aromatic ring is 1. The van der Waals surface area contributed by atoms with Crippen LogP contribution in [0.4, 0.5) is 5.82 Å². The van der Waals surface area contributed by atoms with Crippen LogP contribution in [0.15, 0.2) is 48.1 Å². The number of pyridine rings is 2. The first kappa shape index (κ1) is 12.3. The van der Waals surface area contributed by atoms with Gasteiger partial charge in [0.1, 0.15) is 17.5 Å². The molecule has 5 heteroatoms. The highest BCUT2D eigenvalue weighted by Gasteiger charge is 2.13. The number of thiophene rings is 1. The van der Waals surface area contributed by atoms with E-state index < -0.39 is 0 Å². The Morgan fingerprint density at radius 1 is 1.20 bits per heavy atom. The zero-order chi connectivity index (χ0) is 13.9. The third-order valence-electron chi connectivity index (χ3n) is 2.92. The molecule has 0 aromatic carbocycles. The van der Waals surface area contributed by atoms with Gasteiger partial charge in [-0.2, -0.15) is 5.26 Å². The highest BCUT2D eigenvalue weighted by atomic mass is 32.1. The summed E-state index contributed by atoms with van der Waals surface area (Å²) in [6.45, 7) is 0. The fourth-order valence-corrected chi connectivity index (χ4v) is 2.73. The second kappa shape index (κ2) is 5.11. The Kier molecular flexibility index (Phi) is 3.15. The number of nitrogens with two attached hydrogens (primary N) is 1. The number of anilines is 1. The van der Waals surface area contributed by atoms with Gasteiger partial charge in [-0.15, -0.1) is 11.3 Å². The van der Waals surface area contributed by atoms with Crippen LogP contribution >= 0.6 is 11.3 Å². The van der Waals surface area contributed by atoms with E-state index in [1.807, 2.05) is 35.7 Å². The number of hydrogen-bond acceptors (Lipinski definition) is 5. The van der Waals surface area contributed by atoms with Gasteiger partial charge in [0.2, 0.25) is 0 Å². The van der Waals surface area contributed by atoms with Gasteiger partial charge in [-0.1, -0.05) is 6.07 Å². The molecule has 0 aliphatic carbocycles. The molecule has 3 aromatic heterocycles. The molecular weight excluding hydrogens is 268 g/mol. The fraction of sp³-hybridized carbons (Fsp3) is 0. The lowest BCUT2D eigenvalue weighted by molar-refractivity contribution is 1.28. The number of rotatable bonds is 2. The Balaban J connectivity index is 2.24. The van der Waals surface area contributed by atoms with E-state index in [0.717, 1.165) is 21.7 Å². The van der Waals surface area contributed by atoms with Gasteiger partial charge in [-0.3, -0.25) is 4.98 Å². The largest absolute Gasteiger partial charge is 0.383 e. The molecule has 3 rings (SSSR count). The monoisotopic (exact) mass is 278 g/mol. The van der Waals surface area contributed by atoms with Crippen molar-refractivity contribution in [3.8, 4) is 27.8 Å². The van der Waals surface area contributed by atoms with E-state index >= 15 is 0 Å². The molecule has 3 aromatic rings. The van der Waals surface area contributed by atoms with Gasteiger partial charge in [0, 0.05) is 28.4 Å². The number of nitriles is 1. The van der Waals surface area contributed by atoms with Crippen LogP contribution in [-0.2, 0) is 0 Å². The average molecular weight is 278 g/mol. The standard InChI is InChI=1S/C15H10N4S/c16-9-12-11(14-2-1-7-20-14)8-13(19-15(12)17)10-3-5-18-6-4-10/h1-8H,(H2,17,19). The summed E-state index contributed by atoms with van der Waals surface area (Å²) < 4.78 is 0. The van der Waals surface area contributed by atoms with Crippen molar-refractivity contribution in [2.45, 2.75) is 0 Å². The maximum Gasteiger partial charge on any atom is 0.142 e. The van der Waals surface area contributed by atoms with Gasteiger partial charge < -0.3 is 5.73 Å². The lowest BCUT2D eigenvalue weighted by atomic mass is 10.0. The minimum atomic E-state index is 0.255. The summed E-state index contributed by atoms with van der Waals surface area (Å²) in [5, 5.41) is 11.3. The quantitative estimate of drug-likeness (QED) is 0.780. The van der Waals surface area contributed by atoms with E-state index in [0.29, 0.717) is 5.56 Å². The Bertz CT molecular complexity index is 774. The molecule has 0 unspecified atom stereocenters. The zero-order valence-electron chi connectivity index (χ0n) is 10.4. The van der Waals surface area contributed by atoms with Gasteiger partial charge in [0.25, 0.3) is 0 Å². The minimum absolute atomic E-state index is 0.255. The molecule has 3 heterocycles. The van der Waals surface area contributed by atoms with Crippen molar-refractivity contribution >= 4 is 17.2 Å². The summed E-state index contributed by atoms with van der Waals surface area (Å²) in [5.41, 5.74) is 8.84. The van der Waals surface area contributed by atoms with Crippen LogP contribution < -0.4 is 5.73 Å². The summed E-state index contributed by atoms with van der Waals surface area (Å²) in [4.78, 5) is 9.31. The SMILES string of the molecule is N#Cc1c(-c2cccs2)cc(-c2ccncc2)nc1N. The van der Waals surface area contributed by atoms with Crippen molar-refractivity contribution in [1.82, 2.24) is 9.97 Å². The smallest absolute Gasteiger partial charge is 0.142 e. The van der Waals surface area contributed by atoms with E-state index in [-0.39, 0.29) is 5.82 Å². The van der Waals surface area contributed by atoms with Crippen LogP contribution in [0, 0.1) is 11.3 Å². The Labute approximate surface area is 120 Å². The van der Waals surface area contributed by atoms with E-state index in [2.05, 4.69) is 16.0 Å². The van der Waals surface area contributed by atoms with Gasteiger partial charge >= 0.3 is 0 Å². The summed E-state index contributed by atoms with van der Waals surface area (Å²) in [6, 6.07) is 11.7. The lowest BCUT2D eigenvalue weighted by Crippen LogP contribution is -1.99. The van der Waals surface area contributed by atoms with E-state index in [9.17, 15) is 5.26 Å². The van der Waals surface area contributed by atoms with Crippen molar-refractivity contribution < 1.29 is 0 Å². The maximum absolute atomic E-state index is 9.28. The van der Waals surface area contributed by atoms with Gasteiger partial charge in [-0.05, 0) is 29.6 Å². The predicted octanol–water partition coefficient (Wildman–Crippen LogP) is 3.33. The molecule has 0 bridgehead atoms. The van der Waals surface area contributed by atoms with Crippen LogP contribution in [0.25, 0.3) is 21.7 Å². The third kappa shape index (κ3) is 2.13. The number of nitrogens with zero attached hydrogens (tertiary/aromatic N) is 3. The second-order valence-electron chi connectivity index (χ2n) is 4.14. The van der Waals surface area contributed by atoms with Gasteiger partial charge in [0.05, 0.1) is 5.69 Å². The van der Waals surface area contributed by atoms with Gasteiger partial charge in [-0.25, -0.2) is 4.98 Å². The maximum atomic E-state index is 9.28. The Morgan fingerprint density at radius 3 is 2.65 bits per heavy atom. The van der Waals surface area contributed by atoms with Crippen molar-refractivity contribution in [2.24, 2.45) is 0 Å². The van der Waals surface area contributed by atoms with Crippen LogP contribution in [0.5, 0.6) is 0 Å². The molecule has 0 radical (unpaired) electrons. The number of aromatic nitrogens is 2. The first-order valence-electron chi connectivity index (χ1n) is 5.94. The van der Waals surface area contributed by atoms with Crippen molar-refractivity contribution in [1.29, 1.82) is 5.26 Å². The molecule has 0 saturated carbocycles. The van der Waals surface area contributed by atoms with Gasteiger partial charge in [0.15, 0.2) is 0 Å². The Morgan fingerprint density at radius 2 is 2.00 bits per heavy atom. The first-order valence-corrected chi connectivity index (χ1v) is 6.82. The molecule has 0 spiro atoms. The highest BCUT2D eigenvalue weighted by Crippen LogP contribution is 2.33. The van der Waals surface area contributed by atoms with Crippen LogP contribution in [0.1, 0.15) is 5.56 Å². The summed E-state index contributed by atoms with van der Waals surface area (Å²) in [5.74, 6) is 0.255. The normalized spacial score (nSPS) is 10.2. The second-order valence-corrected chi connectivity index (χ2v) is 5.09. The molecule has 2 N–H and O–H groups in total. The molecule has 0 aliphatic rings. The molecule has 20 heavy (non-hydrogen) atoms. The molecule has 0 amide bonds. The van der Waals surface area contributed by atoms with E-state index in [4.69, 9.17) is 5.73 Å². The van der Waals surface area contributed by atoms with E-state index in [1.165, 1.54) is 0 Å². The molecule has 0 aliphatic heterocycles. The average Bonchev–Trinajstić information content (AvgIpc) is 3.01. The topological polar surface area (TPSA) is 75.6 Å². The third-order valence-corrected chi connectivity index (χ3v) is 3.83. The number of hydrogen-bond donors (Lipinski definition) is 1. The van der Waals surface area contributed by atoms with Crippen molar-refractivity contribution in [3.05, 3.63) is 53.7 Å². The fourth-order valence-electron chi connectivity index (χ4n) is 1.98. The first-order chi connectivity index (χ1) is 9.79. The minimum Gasteiger partial charge on any atom is -0.383 e. The predicted molar refractivity (Wildman–Crippen MR) is 79.9 cm³/mol. The highest BCUT2D eigenvalue weighted by molar-refractivity contribution is 7.13. The van der Waals surface area contributed by atoms with Crippen LogP contribution in [0.3, 0.4) is 0 Å². The molecular formula is C15H10N4S. The van der Waals surface area contributed by atoms with Crippen LogP contribution in [-0.4, -0.2) is 9.97 Å². The molecule has 0 saturated heterocycles. The lowest BCUT2D eigenvalue weighted by Gasteiger charge is -2.08. The summed E-state index contributed by atoms with van der Waals surface area (Å²) >= 11 is 1.57. The molecule has 4 nitrogen and oxygen atoms in total. The van der Waals surface area contributed by atoms with Crippen LogP contribution in [0.2, 0.25) is 0 Å². The van der Waals surface area contributed by atoms with Crippen molar-refractivity contribution in [2.75, 3.05) is 5.73 Å². The molecule has 0 atom stereocenters. The summed E-state index contributed by atoms with van der Waals surface area (Å²) in [6.07, 6.45) is 3.41. The molecule has 0 fully saturated rings. The molecule has 96 valence electrons. The van der Waals surface area contributed by atoms with Crippen molar-refractivity contribution in [3.63, 3.8) is 0 Å².